The fraction of sp³-hybridized carbons (Fsp3) is 0.848. The van der Waals surface area contributed by atoms with Crippen molar-refractivity contribution in [3.05, 3.63) is 0 Å². The minimum Gasteiger partial charge on any atom is -0.363 e. The third-order valence-electron chi connectivity index (χ3n) is 8.83. The number of primary amides is 1. The van der Waals surface area contributed by atoms with Crippen LogP contribution in [0.1, 0.15) is 119 Å². The van der Waals surface area contributed by atoms with Gasteiger partial charge in [0.1, 0.15) is 6.29 Å². The summed E-state index contributed by atoms with van der Waals surface area (Å²) in [7, 11) is 2.10. The van der Waals surface area contributed by atoms with E-state index in [2.05, 4.69) is 47.5 Å². The second kappa shape index (κ2) is 22.1. The second-order valence-corrected chi connectivity index (χ2v) is 13.1. The molecule has 0 bridgehead atoms. The number of hydrogen-bond acceptors (Lipinski definition) is 6. The van der Waals surface area contributed by atoms with Gasteiger partial charge in [-0.25, -0.2) is 4.79 Å². The normalized spacial score (nSPS) is 21.9. The van der Waals surface area contributed by atoms with Crippen molar-refractivity contribution in [2.45, 2.75) is 137 Å². The molecule has 2 saturated carbocycles. The Bertz CT molecular complexity index is 821. The predicted octanol–water partition coefficient (Wildman–Crippen LogP) is 4.59. The molecule has 10 heteroatoms. The zero-order valence-electron chi connectivity index (χ0n) is 28.4. The topological polar surface area (TPSA) is 151 Å². The molecule has 3 unspecified atom stereocenters. The van der Waals surface area contributed by atoms with E-state index in [1.807, 2.05) is 34.6 Å². The molecule has 3 fully saturated rings. The molecule has 0 aromatic carbocycles. The van der Waals surface area contributed by atoms with E-state index in [1.54, 1.807) is 0 Å². The standard InChI is InChI=1S/C16H30N2O.C13H24N2O2.C2H3NO2.C2H6/c1-4-12(2)14-9-11-18(3)15(14)16(19)17-10-8-13-6-5-7-13;1-13(2,3)11(9-16)15-12(17)14-10-7-5-4-6-8-10;3-2(5)1-4;1-2/h12-15H,4-11H2,1-3H3,(H,17,19);9-11H,4-8H2,1-3H3,(H2,14,15,17);1H,(H2,3,5);1-2H3/t12?,14-,15?;;;/m1.../s1. The van der Waals surface area contributed by atoms with Gasteiger partial charge >= 0.3 is 6.03 Å². The molecule has 3 aliphatic rings. The van der Waals surface area contributed by atoms with Gasteiger partial charge in [-0.15, -0.1) is 0 Å². The minimum atomic E-state index is -0.926. The zero-order valence-corrected chi connectivity index (χ0v) is 28.4. The van der Waals surface area contributed by atoms with Crippen molar-refractivity contribution >= 4 is 30.4 Å². The number of carbonyl (C=O) groups excluding carboxylic acids is 5. The molecule has 4 amide bonds. The summed E-state index contributed by atoms with van der Waals surface area (Å²) in [5.74, 6) is 1.41. The monoisotopic (exact) mass is 609 g/mol. The molecule has 250 valence electrons. The molecular weight excluding hydrogens is 546 g/mol. The number of rotatable bonds is 10. The van der Waals surface area contributed by atoms with Gasteiger partial charge in [-0.05, 0) is 62.4 Å². The summed E-state index contributed by atoms with van der Waals surface area (Å²) < 4.78 is 0. The van der Waals surface area contributed by atoms with E-state index in [9.17, 15) is 19.2 Å². The molecule has 5 N–H and O–H groups in total. The Balaban J connectivity index is 0.000000679. The number of aldehydes is 2. The number of nitrogens with two attached hydrogens (primary N) is 1. The minimum absolute atomic E-state index is 0.0556. The highest BCUT2D eigenvalue weighted by Gasteiger charge is 2.39. The summed E-state index contributed by atoms with van der Waals surface area (Å²) in [6.45, 7) is 16.3. The largest absolute Gasteiger partial charge is 0.363 e. The predicted molar refractivity (Wildman–Crippen MR) is 173 cm³/mol. The van der Waals surface area contributed by atoms with E-state index >= 15 is 0 Å². The fourth-order valence-electron chi connectivity index (χ4n) is 5.62. The van der Waals surface area contributed by atoms with E-state index in [0.717, 1.165) is 38.1 Å². The maximum atomic E-state index is 12.4. The average Bonchev–Trinajstić information content (AvgIpc) is 3.35. The molecule has 1 aliphatic heterocycles. The Morgan fingerprint density at radius 3 is 2.00 bits per heavy atom. The van der Waals surface area contributed by atoms with Crippen molar-refractivity contribution < 1.29 is 24.0 Å². The van der Waals surface area contributed by atoms with Gasteiger partial charge in [0, 0.05) is 12.6 Å². The van der Waals surface area contributed by atoms with Crippen LogP contribution in [0.3, 0.4) is 0 Å². The average molecular weight is 610 g/mol. The molecule has 1 saturated heterocycles. The third kappa shape index (κ3) is 16.2. The van der Waals surface area contributed by atoms with Gasteiger partial charge in [0.05, 0.1) is 12.1 Å². The van der Waals surface area contributed by atoms with Gasteiger partial charge in [0.15, 0.2) is 0 Å². The van der Waals surface area contributed by atoms with Gasteiger partial charge in [0.2, 0.25) is 12.2 Å². The molecule has 10 nitrogen and oxygen atoms in total. The van der Waals surface area contributed by atoms with Crippen LogP contribution in [0.2, 0.25) is 0 Å². The van der Waals surface area contributed by atoms with Gasteiger partial charge < -0.3 is 26.5 Å². The smallest absolute Gasteiger partial charge is 0.315 e. The van der Waals surface area contributed by atoms with Gasteiger partial charge in [-0.1, -0.05) is 93.4 Å². The summed E-state index contributed by atoms with van der Waals surface area (Å²) in [4.78, 5) is 55.6. The summed E-state index contributed by atoms with van der Waals surface area (Å²) in [6.07, 6.45) is 14.2. The molecular formula is C33H63N5O5. The Hall–Kier alpha value is -2.49. The van der Waals surface area contributed by atoms with E-state index < -0.39 is 11.9 Å². The Kier molecular flexibility index (Phi) is 20.8. The van der Waals surface area contributed by atoms with Crippen LogP contribution in [0.5, 0.6) is 0 Å². The highest BCUT2D eigenvalue weighted by atomic mass is 16.2. The van der Waals surface area contributed by atoms with Crippen molar-refractivity contribution in [2.75, 3.05) is 20.1 Å². The molecule has 0 radical (unpaired) electrons. The highest BCUT2D eigenvalue weighted by Crippen LogP contribution is 2.32. The lowest BCUT2D eigenvalue weighted by atomic mass is 9.83. The molecule has 1 heterocycles. The van der Waals surface area contributed by atoms with Gasteiger partial charge in [0.25, 0.3) is 5.91 Å². The van der Waals surface area contributed by atoms with Gasteiger partial charge in [-0.3, -0.25) is 19.3 Å². The highest BCUT2D eigenvalue weighted by molar-refractivity contribution is 6.22. The van der Waals surface area contributed by atoms with Crippen LogP contribution in [0.25, 0.3) is 0 Å². The van der Waals surface area contributed by atoms with Crippen LogP contribution < -0.4 is 21.7 Å². The molecule has 0 aromatic heterocycles. The fourth-order valence-corrected chi connectivity index (χ4v) is 5.62. The van der Waals surface area contributed by atoms with Crippen LogP contribution in [0, 0.1) is 23.2 Å². The second-order valence-electron chi connectivity index (χ2n) is 13.1. The molecule has 2 aliphatic carbocycles. The quantitative estimate of drug-likeness (QED) is 0.210. The van der Waals surface area contributed by atoms with E-state index in [4.69, 9.17) is 4.79 Å². The van der Waals surface area contributed by atoms with E-state index in [-0.39, 0.29) is 35.7 Å². The zero-order chi connectivity index (χ0) is 33.0. The molecule has 0 spiro atoms. The maximum Gasteiger partial charge on any atom is 0.315 e. The summed E-state index contributed by atoms with van der Waals surface area (Å²) >= 11 is 0. The summed E-state index contributed by atoms with van der Waals surface area (Å²) in [5.41, 5.74) is 4.04. The Morgan fingerprint density at radius 2 is 1.56 bits per heavy atom. The number of likely N-dealkylation sites (N-methyl/N-ethyl adjacent to an activating group) is 1. The lowest BCUT2D eigenvalue weighted by Gasteiger charge is -2.29. The van der Waals surface area contributed by atoms with Crippen molar-refractivity contribution in [1.29, 1.82) is 0 Å². The molecule has 0 aromatic rings. The van der Waals surface area contributed by atoms with Crippen LogP contribution in [0.4, 0.5) is 4.79 Å². The summed E-state index contributed by atoms with van der Waals surface area (Å²) in [5, 5.41) is 8.87. The summed E-state index contributed by atoms with van der Waals surface area (Å²) in [6, 6.07) is -0.276. The Morgan fingerprint density at radius 1 is 0.977 bits per heavy atom. The number of nitrogens with one attached hydrogen (secondary N) is 3. The Labute approximate surface area is 261 Å². The SMILES string of the molecule is CC.CC(C)(C)C(C=O)NC(=O)NC1CCCCC1.CCC(C)[C@H]1CCN(C)C1C(=O)NCCC1CCC1.NC(=O)C=O. The third-order valence-corrected chi connectivity index (χ3v) is 8.83. The van der Waals surface area contributed by atoms with Crippen LogP contribution in [-0.2, 0) is 19.2 Å². The first-order chi connectivity index (χ1) is 20.3. The van der Waals surface area contributed by atoms with Crippen LogP contribution in [-0.4, -0.2) is 73.6 Å². The number of nitrogens with zero attached hydrogens (tertiary/aromatic N) is 1. The van der Waals surface area contributed by atoms with Crippen LogP contribution >= 0.6 is 0 Å². The first-order valence-electron chi connectivity index (χ1n) is 16.6. The van der Waals surface area contributed by atoms with Crippen molar-refractivity contribution in [3.8, 4) is 0 Å². The maximum absolute atomic E-state index is 12.4. The van der Waals surface area contributed by atoms with Crippen molar-refractivity contribution in [3.63, 3.8) is 0 Å². The number of amides is 4. The molecule has 43 heavy (non-hydrogen) atoms. The van der Waals surface area contributed by atoms with Gasteiger partial charge in [-0.2, -0.15) is 0 Å². The lowest BCUT2D eigenvalue weighted by Crippen LogP contribution is -2.51. The number of hydrogen-bond donors (Lipinski definition) is 4. The molecule has 3 rings (SSSR count). The van der Waals surface area contributed by atoms with Crippen molar-refractivity contribution in [1.82, 2.24) is 20.9 Å². The first kappa shape index (κ1) is 40.5. The van der Waals surface area contributed by atoms with E-state index in [0.29, 0.717) is 11.8 Å². The van der Waals surface area contributed by atoms with Crippen molar-refractivity contribution in [2.24, 2.45) is 28.9 Å². The van der Waals surface area contributed by atoms with E-state index in [1.165, 1.54) is 57.8 Å². The lowest BCUT2D eigenvalue weighted by molar-refractivity contribution is -0.129. The number of carbonyl (C=O) groups is 5. The first-order valence-corrected chi connectivity index (χ1v) is 16.6. The number of urea groups is 1. The van der Waals surface area contributed by atoms with Crippen LogP contribution in [0.15, 0.2) is 0 Å². The number of likely N-dealkylation sites (tertiary alicyclic amines) is 1. The molecule has 4 atom stereocenters.